The van der Waals surface area contributed by atoms with Crippen LogP contribution in [-0.4, -0.2) is 0 Å². The van der Waals surface area contributed by atoms with Gasteiger partial charge in [-0.3, -0.25) is 0 Å². The summed E-state index contributed by atoms with van der Waals surface area (Å²) in [5.74, 6) is 0. The van der Waals surface area contributed by atoms with Crippen LogP contribution in [-0.2, 0) is 10.8 Å². The standard InChI is InChI=1S/C60H43N/c1-59(2)52-23-12-25-54-57(52)58-53(59)24-13-26-55(58)60(54,45-18-4-3-5-19-45)46-34-28-40(29-35-46)41-30-36-47(37-31-41)61(56-27-11-17-43-15-7-9-21-51(43)56)48-38-32-44(33-39-48)50-22-10-16-42-14-6-8-20-49(42)50/h3-39H,1-2H3. The van der Waals surface area contributed by atoms with Crippen molar-refractivity contribution >= 4 is 38.6 Å². The van der Waals surface area contributed by atoms with E-state index < -0.39 is 5.41 Å². The van der Waals surface area contributed by atoms with Crippen molar-refractivity contribution in [1.29, 1.82) is 0 Å². The molecule has 0 atom stereocenters. The van der Waals surface area contributed by atoms with Gasteiger partial charge in [-0.2, -0.15) is 0 Å². The summed E-state index contributed by atoms with van der Waals surface area (Å²) in [7, 11) is 0. The summed E-state index contributed by atoms with van der Waals surface area (Å²) in [5.41, 5.74) is 18.9. The maximum atomic E-state index is 2.40. The maximum absolute atomic E-state index is 2.40. The molecule has 0 saturated heterocycles. The molecule has 0 spiro atoms. The van der Waals surface area contributed by atoms with E-state index in [0.29, 0.717) is 0 Å². The average Bonchev–Trinajstić information content (AvgIpc) is 3.76. The topological polar surface area (TPSA) is 3.24 Å². The van der Waals surface area contributed by atoms with Gasteiger partial charge in [0, 0.05) is 22.2 Å². The molecule has 0 radical (unpaired) electrons. The maximum Gasteiger partial charge on any atom is 0.0713 e. The van der Waals surface area contributed by atoms with Gasteiger partial charge in [-0.25, -0.2) is 0 Å². The molecule has 0 saturated carbocycles. The molecule has 0 unspecified atom stereocenters. The first-order valence-electron chi connectivity index (χ1n) is 21.4. The van der Waals surface area contributed by atoms with Crippen molar-refractivity contribution in [3.63, 3.8) is 0 Å². The summed E-state index contributed by atoms with van der Waals surface area (Å²) >= 11 is 0. The largest absolute Gasteiger partial charge is 0.310 e. The van der Waals surface area contributed by atoms with Crippen LogP contribution in [0.4, 0.5) is 17.1 Å². The number of hydrogen-bond acceptors (Lipinski definition) is 1. The Bertz CT molecular complexity index is 3240. The van der Waals surface area contributed by atoms with E-state index in [2.05, 4.69) is 243 Å². The minimum Gasteiger partial charge on any atom is -0.310 e. The zero-order chi connectivity index (χ0) is 40.7. The highest BCUT2D eigenvalue weighted by molar-refractivity contribution is 6.00. The van der Waals surface area contributed by atoms with Crippen LogP contribution < -0.4 is 4.90 Å². The molecule has 0 amide bonds. The van der Waals surface area contributed by atoms with Gasteiger partial charge in [0.1, 0.15) is 0 Å². The smallest absolute Gasteiger partial charge is 0.0713 e. The van der Waals surface area contributed by atoms with E-state index in [-0.39, 0.29) is 5.41 Å². The summed E-state index contributed by atoms with van der Waals surface area (Å²) in [6.45, 7) is 4.76. The van der Waals surface area contributed by atoms with Crippen LogP contribution in [0.15, 0.2) is 224 Å². The Morgan fingerprint density at radius 3 is 1.39 bits per heavy atom. The molecule has 288 valence electrons. The highest BCUT2D eigenvalue weighted by atomic mass is 15.1. The van der Waals surface area contributed by atoms with Crippen LogP contribution in [0, 0.1) is 0 Å². The molecule has 0 fully saturated rings. The Morgan fingerprint density at radius 2 is 0.770 bits per heavy atom. The molecule has 2 aliphatic carbocycles. The second-order valence-corrected chi connectivity index (χ2v) is 17.2. The van der Waals surface area contributed by atoms with Crippen molar-refractivity contribution in [2.24, 2.45) is 0 Å². The van der Waals surface area contributed by atoms with E-state index in [4.69, 9.17) is 0 Å². The molecule has 0 N–H and O–H groups in total. The van der Waals surface area contributed by atoms with Crippen LogP contribution in [0.2, 0.25) is 0 Å². The molecule has 10 aromatic rings. The van der Waals surface area contributed by atoms with E-state index >= 15 is 0 Å². The average molecular weight is 778 g/mol. The Balaban J connectivity index is 0.942. The lowest BCUT2D eigenvalue weighted by molar-refractivity contribution is 0.652. The lowest BCUT2D eigenvalue weighted by atomic mass is 9.65. The Labute approximate surface area is 357 Å². The fourth-order valence-electron chi connectivity index (χ4n) is 10.9. The third-order valence-corrected chi connectivity index (χ3v) is 13.8. The molecule has 10 aromatic carbocycles. The molecule has 1 nitrogen and oxygen atoms in total. The van der Waals surface area contributed by atoms with E-state index in [1.54, 1.807) is 0 Å². The summed E-state index contributed by atoms with van der Waals surface area (Å²) in [6, 6.07) is 83.2. The minimum atomic E-state index is -0.404. The molecule has 61 heavy (non-hydrogen) atoms. The van der Waals surface area contributed by atoms with Crippen molar-refractivity contribution in [1.82, 2.24) is 0 Å². The summed E-state index contributed by atoms with van der Waals surface area (Å²) in [5, 5.41) is 4.95. The van der Waals surface area contributed by atoms with E-state index in [1.165, 1.54) is 88.3 Å². The van der Waals surface area contributed by atoms with Crippen molar-refractivity contribution in [2.45, 2.75) is 24.7 Å². The van der Waals surface area contributed by atoms with Crippen LogP contribution >= 0.6 is 0 Å². The predicted octanol–water partition coefficient (Wildman–Crippen LogP) is 15.8. The Hall–Kier alpha value is -7.48. The molecular weight excluding hydrogens is 735 g/mol. The van der Waals surface area contributed by atoms with Crippen LogP contribution in [0.3, 0.4) is 0 Å². The fourth-order valence-corrected chi connectivity index (χ4v) is 10.9. The first-order chi connectivity index (χ1) is 30.0. The number of nitrogens with zero attached hydrogens (tertiary/aromatic N) is 1. The van der Waals surface area contributed by atoms with Crippen molar-refractivity contribution in [3.8, 4) is 33.4 Å². The highest BCUT2D eigenvalue weighted by Gasteiger charge is 2.52. The number of hydrogen-bond donors (Lipinski definition) is 0. The van der Waals surface area contributed by atoms with Gasteiger partial charge >= 0.3 is 0 Å². The summed E-state index contributed by atoms with van der Waals surface area (Å²) in [6.07, 6.45) is 0. The molecule has 0 bridgehead atoms. The molecule has 2 aliphatic rings. The first kappa shape index (κ1) is 35.5. The van der Waals surface area contributed by atoms with Crippen molar-refractivity contribution in [3.05, 3.63) is 258 Å². The van der Waals surface area contributed by atoms with Gasteiger partial charge in [-0.15, -0.1) is 0 Å². The monoisotopic (exact) mass is 777 g/mol. The van der Waals surface area contributed by atoms with Crippen molar-refractivity contribution < 1.29 is 0 Å². The number of rotatable bonds is 7. The molecule has 1 heteroatoms. The molecule has 0 heterocycles. The zero-order valence-corrected chi connectivity index (χ0v) is 34.3. The Kier molecular flexibility index (Phi) is 7.86. The van der Waals surface area contributed by atoms with Gasteiger partial charge in [0.2, 0.25) is 0 Å². The van der Waals surface area contributed by atoms with Crippen LogP contribution in [0.5, 0.6) is 0 Å². The van der Waals surface area contributed by atoms with Gasteiger partial charge in [0.05, 0.1) is 11.1 Å². The normalized spacial score (nSPS) is 14.0. The first-order valence-corrected chi connectivity index (χ1v) is 21.4. The summed E-state index contributed by atoms with van der Waals surface area (Å²) in [4.78, 5) is 2.40. The lowest BCUT2D eigenvalue weighted by Crippen LogP contribution is -2.30. The SMILES string of the molecule is CC1(C)c2cccc3c2-c2c1cccc2C3(c1ccccc1)c1ccc(-c2ccc(N(c3ccc(-c4cccc5ccccc45)cc3)c3cccc4ccccc34)cc2)cc1. The number of benzene rings is 10. The quantitative estimate of drug-likeness (QED) is 0.156. The molecular formula is C60H43N. The number of fused-ring (bicyclic) bond motifs is 2. The minimum absolute atomic E-state index is 0.0281. The highest BCUT2D eigenvalue weighted by Crippen LogP contribution is 2.64. The second-order valence-electron chi connectivity index (χ2n) is 17.2. The Morgan fingerprint density at radius 1 is 0.328 bits per heavy atom. The van der Waals surface area contributed by atoms with Crippen LogP contribution in [0.1, 0.15) is 47.2 Å². The van der Waals surface area contributed by atoms with Gasteiger partial charge in [-0.1, -0.05) is 208 Å². The molecule has 0 aromatic heterocycles. The third kappa shape index (κ3) is 5.20. The number of anilines is 3. The predicted molar refractivity (Wildman–Crippen MR) is 256 cm³/mol. The lowest BCUT2D eigenvalue weighted by Gasteiger charge is -2.36. The van der Waals surface area contributed by atoms with E-state index in [9.17, 15) is 0 Å². The van der Waals surface area contributed by atoms with Gasteiger partial charge in [-0.05, 0) is 113 Å². The molecule has 0 aliphatic heterocycles. The van der Waals surface area contributed by atoms with Crippen molar-refractivity contribution in [2.75, 3.05) is 4.90 Å². The fraction of sp³-hybridized carbons (Fsp3) is 0.0667. The second kappa shape index (κ2) is 13.5. The summed E-state index contributed by atoms with van der Waals surface area (Å²) < 4.78 is 0. The van der Waals surface area contributed by atoms with E-state index in [1.807, 2.05) is 0 Å². The van der Waals surface area contributed by atoms with E-state index in [0.717, 1.165) is 17.1 Å². The van der Waals surface area contributed by atoms with Gasteiger partial charge < -0.3 is 4.90 Å². The van der Waals surface area contributed by atoms with Gasteiger partial charge in [0.25, 0.3) is 0 Å². The van der Waals surface area contributed by atoms with Crippen LogP contribution in [0.25, 0.3) is 54.9 Å². The van der Waals surface area contributed by atoms with Gasteiger partial charge in [0.15, 0.2) is 0 Å². The molecule has 12 rings (SSSR count). The third-order valence-electron chi connectivity index (χ3n) is 13.8. The zero-order valence-electron chi connectivity index (χ0n) is 34.3.